The quantitative estimate of drug-likeness (QED) is 0.488. The maximum Gasteiger partial charge on any atom is 0.231 e. The van der Waals surface area contributed by atoms with Gasteiger partial charge >= 0.3 is 0 Å². The predicted molar refractivity (Wildman–Crippen MR) is 90.6 cm³/mol. The molecule has 1 aromatic carbocycles. The van der Waals surface area contributed by atoms with Crippen LogP contribution in [-0.4, -0.2) is 34.6 Å². The van der Waals surface area contributed by atoms with Crippen LogP contribution in [0, 0.1) is 11.3 Å². The summed E-state index contributed by atoms with van der Waals surface area (Å²) in [7, 11) is 0. The molecule has 7 nitrogen and oxygen atoms in total. The van der Waals surface area contributed by atoms with Gasteiger partial charge in [0.2, 0.25) is 12.7 Å². The molecule has 0 amide bonds. The van der Waals surface area contributed by atoms with E-state index in [0.717, 1.165) is 11.8 Å². The molecule has 0 bridgehead atoms. The van der Waals surface area contributed by atoms with Crippen LogP contribution in [0.2, 0.25) is 0 Å². The van der Waals surface area contributed by atoms with Gasteiger partial charge in [-0.1, -0.05) is 11.8 Å². The summed E-state index contributed by atoms with van der Waals surface area (Å²) >= 11 is 2.47. The number of hydrogen-bond donors (Lipinski definition) is 1. The average molecular weight is 360 g/mol. The lowest BCUT2D eigenvalue weighted by Crippen LogP contribution is -2.05. The van der Waals surface area contributed by atoms with Crippen LogP contribution in [0.15, 0.2) is 28.3 Å². The molecule has 0 saturated heterocycles. The lowest BCUT2D eigenvalue weighted by molar-refractivity contribution is 0.102. The molecule has 2 heterocycles. The number of ether oxygens (including phenoxy) is 2. The van der Waals surface area contributed by atoms with Gasteiger partial charge in [-0.25, -0.2) is 9.97 Å². The number of ketones is 1. The third-order valence-corrected chi connectivity index (χ3v) is 4.86. The molecule has 24 heavy (non-hydrogen) atoms. The number of nitriles is 1. The number of rotatable bonds is 5. The second-order valence-corrected chi connectivity index (χ2v) is 6.42. The van der Waals surface area contributed by atoms with E-state index in [2.05, 4.69) is 16.0 Å². The Morgan fingerprint density at radius 3 is 2.83 bits per heavy atom. The first kappa shape index (κ1) is 16.4. The van der Waals surface area contributed by atoms with Gasteiger partial charge in [0.1, 0.15) is 21.7 Å². The van der Waals surface area contributed by atoms with Gasteiger partial charge in [-0.2, -0.15) is 5.26 Å². The minimum Gasteiger partial charge on any atom is -0.454 e. The van der Waals surface area contributed by atoms with E-state index in [4.69, 9.17) is 15.2 Å². The molecule has 1 aromatic heterocycles. The van der Waals surface area contributed by atoms with Crippen molar-refractivity contribution in [2.75, 3.05) is 24.5 Å². The van der Waals surface area contributed by atoms with Gasteiger partial charge in [0.25, 0.3) is 0 Å². The molecule has 0 unspecified atom stereocenters. The second-order valence-electron chi connectivity index (χ2n) is 4.66. The zero-order chi connectivity index (χ0) is 17.1. The van der Waals surface area contributed by atoms with E-state index in [9.17, 15) is 10.1 Å². The van der Waals surface area contributed by atoms with Crippen molar-refractivity contribution in [3.8, 4) is 17.6 Å². The van der Waals surface area contributed by atoms with Gasteiger partial charge in [0.05, 0.1) is 5.75 Å². The Kier molecular flexibility index (Phi) is 4.78. The number of nitrogens with two attached hydrogens (primary N) is 1. The molecule has 0 saturated carbocycles. The Bertz CT molecular complexity index is 851. The molecule has 0 spiro atoms. The van der Waals surface area contributed by atoms with Gasteiger partial charge in [0, 0.05) is 5.56 Å². The first-order valence-corrected chi connectivity index (χ1v) is 9.00. The molecule has 2 N–H and O–H groups in total. The van der Waals surface area contributed by atoms with Gasteiger partial charge in [-0.3, -0.25) is 4.79 Å². The molecule has 9 heteroatoms. The third-order valence-electron chi connectivity index (χ3n) is 3.20. The van der Waals surface area contributed by atoms with Crippen LogP contribution in [0.4, 0.5) is 5.95 Å². The highest BCUT2D eigenvalue weighted by atomic mass is 32.2. The molecule has 0 fully saturated rings. The van der Waals surface area contributed by atoms with Gasteiger partial charge < -0.3 is 15.2 Å². The molecular weight excluding hydrogens is 348 g/mol. The van der Waals surface area contributed by atoms with Crippen LogP contribution in [-0.2, 0) is 0 Å². The maximum atomic E-state index is 12.4. The maximum absolute atomic E-state index is 12.4. The fourth-order valence-corrected chi connectivity index (χ4v) is 3.55. The molecule has 0 aliphatic carbocycles. The van der Waals surface area contributed by atoms with E-state index in [1.165, 1.54) is 11.8 Å². The van der Waals surface area contributed by atoms with Gasteiger partial charge in [-0.05, 0) is 24.5 Å². The number of thioether (sulfide) groups is 2. The lowest BCUT2D eigenvalue weighted by Gasteiger charge is -2.07. The number of nitrogen functional groups attached to an aromatic ring is 1. The first-order chi connectivity index (χ1) is 11.6. The van der Waals surface area contributed by atoms with E-state index in [-0.39, 0.29) is 24.3 Å². The van der Waals surface area contributed by atoms with E-state index < -0.39 is 0 Å². The number of carbonyl (C=O) groups is 1. The number of anilines is 1. The monoisotopic (exact) mass is 360 g/mol. The molecule has 1 aliphatic heterocycles. The number of Topliss-reactive ketones (excluding diaryl/α,β-unsaturated/α-hetero) is 1. The van der Waals surface area contributed by atoms with E-state index in [1.54, 1.807) is 24.5 Å². The summed E-state index contributed by atoms with van der Waals surface area (Å²) < 4.78 is 10.5. The number of benzene rings is 1. The Hall–Kier alpha value is -2.44. The highest BCUT2D eigenvalue weighted by molar-refractivity contribution is 8.00. The van der Waals surface area contributed by atoms with Gasteiger partial charge in [-0.15, -0.1) is 11.8 Å². The molecule has 0 atom stereocenters. The van der Waals surface area contributed by atoms with Crippen molar-refractivity contribution in [3.05, 3.63) is 29.3 Å². The minimum atomic E-state index is -0.106. The first-order valence-electron chi connectivity index (χ1n) is 6.79. The summed E-state index contributed by atoms with van der Waals surface area (Å²) in [5, 5.41) is 10.2. The fraction of sp³-hybridized carbons (Fsp3) is 0.200. The number of hydrogen-bond acceptors (Lipinski definition) is 9. The summed E-state index contributed by atoms with van der Waals surface area (Å²) in [4.78, 5) is 20.5. The summed E-state index contributed by atoms with van der Waals surface area (Å²) in [6.07, 6.45) is 1.80. The Labute approximate surface area is 146 Å². The molecular formula is C15H12N4O3S2. The highest BCUT2D eigenvalue weighted by Crippen LogP contribution is 2.33. The van der Waals surface area contributed by atoms with Crippen molar-refractivity contribution in [2.45, 2.75) is 10.1 Å². The van der Waals surface area contributed by atoms with Crippen LogP contribution in [0.3, 0.4) is 0 Å². The van der Waals surface area contributed by atoms with Crippen LogP contribution in [0.25, 0.3) is 0 Å². The highest BCUT2D eigenvalue weighted by Gasteiger charge is 2.18. The van der Waals surface area contributed by atoms with Crippen molar-refractivity contribution in [3.63, 3.8) is 0 Å². The van der Waals surface area contributed by atoms with Crippen LogP contribution in [0.5, 0.6) is 11.5 Å². The largest absolute Gasteiger partial charge is 0.454 e. The lowest BCUT2D eigenvalue weighted by atomic mass is 10.1. The summed E-state index contributed by atoms with van der Waals surface area (Å²) in [5.41, 5.74) is 6.51. The molecule has 1 aliphatic rings. The normalized spacial score (nSPS) is 12.0. The Balaban J connectivity index is 1.77. The minimum absolute atomic E-state index is 0.0800. The fourth-order valence-electron chi connectivity index (χ4n) is 2.07. The number of carbonyl (C=O) groups excluding carboxylic acids is 1. The average Bonchev–Trinajstić information content (AvgIpc) is 3.06. The van der Waals surface area contributed by atoms with E-state index >= 15 is 0 Å². The van der Waals surface area contributed by atoms with Crippen molar-refractivity contribution >= 4 is 35.3 Å². The van der Waals surface area contributed by atoms with Crippen LogP contribution in [0.1, 0.15) is 15.9 Å². The summed E-state index contributed by atoms with van der Waals surface area (Å²) in [6.45, 7) is 0.158. The molecule has 122 valence electrons. The predicted octanol–water partition coefficient (Wildman–Crippen LogP) is 2.36. The van der Waals surface area contributed by atoms with E-state index in [1.807, 2.05) is 0 Å². The molecule has 0 radical (unpaired) electrons. The Morgan fingerprint density at radius 2 is 2.08 bits per heavy atom. The van der Waals surface area contributed by atoms with Gasteiger partial charge in [0.15, 0.2) is 17.3 Å². The summed E-state index contributed by atoms with van der Waals surface area (Å²) in [5.74, 6) is 1.28. The van der Waals surface area contributed by atoms with Crippen LogP contribution >= 0.6 is 23.5 Å². The SMILES string of the molecule is CSc1nc(N)nc(SCC(=O)c2ccc3c(c2)OCO3)c1C#N. The second kappa shape index (κ2) is 6.98. The summed E-state index contributed by atoms with van der Waals surface area (Å²) in [6, 6.07) is 7.11. The van der Waals surface area contributed by atoms with E-state index in [0.29, 0.717) is 32.7 Å². The topological polar surface area (TPSA) is 111 Å². The smallest absolute Gasteiger partial charge is 0.231 e. The molecule has 2 aromatic rings. The van der Waals surface area contributed by atoms with Crippen molar-refractivity contribution in [1.82, 2.24) is 9.97 Å². The van der Waals surface area contributed by atoms with Crippen molar-refractivity contribution < 1.29 is 14.3 Å². The number of aromatic nitrogens is 2. The van der Waals surface area contributed by atoms with Crippen LogP contribution < -0.4 is 15.2 Å². The number of nitrogens with zero attached hydrogens (tertiary/aromatic N) is 3. The molecule has 3 rings (SSSR count). The Morgan fingerprint density at radius 1 is 1.33 bits per heavy atom. The zero-order valence-electron chi connectivity index (χ0n) is 12.6. The number of fused-ring (bicyclic) bond motifs is 1. The standard InChI is InChI=1S/C15H12N4O3S2/c1-23-13-9(5-16)14(19-15(17)18-13)24-6-10(20)8-2-3-11-12(4-8)22-7-21-11/h2-4H,6-7H2,1H3,(H2,17,18,19). The van der Waals surface area contributed by atoms with Crippen molar-refractivity contribution in [1.29, 1.82) is 5.26 Å². The third kappa shape index (κ3) is 3.25. The van der Waals surface area contributed by atoms with Crippen molar-refractivity contribution in [2.24, 2.45) is 0 Å². The zero-order valence-corrected chi connectivity index (χ0v) is 14.2.